The average Bonchev–Trinajstić information content (AvgIpc) is 3.90. The van der Waals surface area contributed by atoms with Gasteiger partial charge in [0.15, 0.2) is 0 Å². The Kier molecular flexibility index (Phi) is 12.7. The molecule has 274 valence electrons. The lowest BCUT2D eigenvalue weighted by Crippen LogP contribution is -2.42. The van der Waals surface area contributed by atoms with E-state index >= 15 is 0 Å². The Bertz CT molecular complexity index is 1780. The average molecular weight is 730 g/mol. The number of hydrogen-bond donors (Lipinski definition) is 5. The van der Waals surface area contributed by atoms with Crippen LogP contribution in [0.25, 0.3) is 10.1 Å². The zero-order valence-electron chi connectivity index (χ0n) is 28.2. The maximum atomic E-state index is 13.8. The topological polar surface area (TPSA) is 155 Å². The highest BCUT2D eigenvalue weighted by Gasteiger charge is 2.33. The van der Waals surface area contributed by atoms with E-state index in [-0.39, 0.29) is 55.5 Å². The lowest BCUT2D eigenvalue weighted by Gasteiger charge is -2.33. The van der Waals surface area contributed by atoms with E-state index in [0.29, 0.717) is 22.0 Å². The van der Waals surface area contributed by atoms with E-state index in [2.05, 4.69) is 32.7 Å². The molecule has 1 saturated carbocycles. The summed E-state index contributed by atoms with van der Waals surface area (Å²) < 4.78 is 52.4. The van der Waals surface area contributed by atoms with Crippen LogP contribution in [-0.4, -0.2) is 92.0 Å². The predicted octanol–water partition coefficient (Wildman–Crippen LogP) is 4.42. The van der Waals surface area contributed by atoms with E-state index in [4.69, 9.17) is 15.2 Å². The lowest BCUT2D eigenvalue weighted by atomic mass is 10.0. The SMILES string of the molecule is COC(=O)C(CCC(N)=O)NC(=O)c1ccc(NCC#Cc2sc3c(NC4CCN(C5CC5)CC4)cccc3c2CC(F)(F)F)c(OCCO)c1. The van der Waals surface area contributed by atoms with Crippen molar-refractivity contribution in [1.29, 1.82) is 0 Å². The number of fused-ring (bicyclic) bond motifs is 1. The monoisotopic (exact) mass is 729 g/mol. The molecule has 2 aromatic carbocycles. The highest BCUT2D eigenvalue weighted by Crippen LogP contribution is 2.40. The van der Waals surface area contributed by atoms with E-state index in [9.17, 15) is 32.7 Å². The number of nitrogens with two attached hydrogens (primary N) is 1. The Morgan fingerprint density at radius 1 is 1.12 bits per heavy atom. The number of esters is 1. The minimum Gasteiger partial charge on any atom is -0.489 e. The van der Waals surface area contributed by atoms with Crippen molar-refractivity contribution in [3.8, 4) is 17.6 Å². The molecular formula is C36H42F3N5O6S. The molecule has 6 N–H and O–H groups in total. The van der Waals surface area contributed by atoms with Crippen molar-refractivity contribution in [2.75, 3.05) is 50.6 Å². The normalized spacial score (nSPS) is 15.8. The van der Waals surface area contributed by atoms with Gasteiger partial charge in [-0.15, -0.1) is 11.3 Å². The Labute approximate surface area is 298 Å². The van der Waals surface area contributed by atoms with Crippen LogP contribution < -0.4 is 26.4 Å². The van der Waals surface area contributed by atoms with Crippen LogP contribution in [0.15, 0.2) is 36.4 Å². The van der Waals surface area contributed by atoms with Crippen LogP contribution in [0, 0.1) is 11.8 Å². The van der Waals surface area contributed by atoms with E-state index < -0.39 is 36.4 Å². The lowest BCUT2D eigenvalue weighted by molar-refractivity contribution is -0.143. The quantitative estimate of drug-likeness (QED) is 0.113. The van der Waals surface area contributed by atoms with Gasteiger partial charge < -0.3 is 41.2 Å². The Morgan fingerprint density at radius 2 is 1.88 bits per heavy atom. The van der Waals surface area contributed by atoms with Crippen LogP contribution in [0.1, 0.15) is 59.3 Å². The number of nitrogens with zero attached hydrogens (tertiary/aromatic N) is 1. The fraction of sp³-hybridized carbons (Fsp3) is 0.472. The number of aliphatic hydroxyl groups is 1. The van der Waals surface area contributed by atoms with Crippen molar-refractivity contribution in [3.05, 3.63) is 52.4 Å². The third kappa shape index (κ3) is 10.5. The Hall–Kier alpha value is -4.52. The van der Waals surface area contributed by atoms with Gasteiger partial charge in [0.1, 0.15) is 18.4 Å². The first-order valence-corrected chi connectivity index (χ1v) is 17.7. The molecule has 2 aliphatic rings. The second kappa shape index (κ2) is 17.1. The van der Waals surface area contributed by atoms with Gasteiger partial charge in [0.05, 0.1) is 47.6 Å². The van der Waals surface area contributed by atoms with E-state index in [0.717, 1.165) is 43.4 Å². The number of likely N-dealkylation sites (tertiary alicyclic amines) is 1. The standard InChI is InChI=1S/C36H42F3N5O6S/c1-49-35(48)29(11-12-32(40)46)43-34(47)22-7-10-27(30(20-22)50-19-18-45)41-15-3-6-31-26(21-36(37,38)39)25-4-2-5-28(33(25)51-31)42-23-13-16-44(17-14-23)24-8-9-24/h2,4-5,7,10,20,23-24,29,41-42,45H,8-9,11-19,21H2,1H3,(H2,40,46)(H,43,47). The van der Waals surface area contributed by atoms with Crippen molar-refractivity contribution < 1.29 is 42.1 Å². The maximum absolute atomic E-state index is 13.8. The number of amides is 2. The molecular weight excluding hydrogens is 687 g/mol. The van der Waals surface area contributed by atoms with Gasteiger partial charge in [-0.3, -0.25) is 9.59 Å². The van der Waals surface area contributed by atoms with Gasteiger partial charge in [-0.05, 0) is 67.3 Å². The molecule has 2 fully saturated rings. The largest absolute Gasteiger partial charge is 0.489 e. The zero-order valence-corrected chi connectivity index (χ0v) is 29.1. The van der Waals surface area contributed by atoms with Gasteiger partial charge in [0.2, 0.25) is 5.91 Å². The van der Waals surface area contributed by atoms with E-state index in [1.54, 1.807) is 18.2 Å². The van der Waals surface area contributed by atoms with Crippen molar-refractivity contribution in [2.24, 2.45) is 5.73 Å². The second-order valence-corrected chi connectivity index (χ2v) is 13.6. The first-order valence-electron chi connectivity index (χ1n) is 16.8. The van der Waals surface area contributed by atoms with Crippen LogP contribution in [-0.2, 0) is 20.7 Å². The molecule has 0 radical (unpaired) electrons. The highest BCUT2D eigenvalue weighted by molar-refractivity contribution is 7.20. The van der Waals surface area contributed by atoms with Crippen LogP contribution in [0.2, 0.25) is 0 Å². The van der Waals surface area contributed by atoms with Crippen LogP contribution >= 0.6 is 11.3 Å². The molecule has 1 aliphatic carbocycles. The molecule has 5 rings (SSSR count). The first-order chi connectivity index (χ1) is 24.5. The molecule has 3 aromatic rings. The molecule has 1 aliphatic heterocycles. The summed E-state index contributed by atoms with van der Waals surface area (Å²) in [7, 11) is 1.16. The first kappa shape index (κ1) is 37.7. The number of anilines is 2. The fourth-order valence-electron chi connectivity index (χ4n) is 6.10. The molecule has 15 heteroatoms. The molecule has 2 amide bonds. The van der Waals surface area contributed by atoms with Crippen LogP contribution in [0.3, 0.4) is 0 Å². The molecule has 0 bridgehead atoms. The van der Waals surface area contributed by atoms with Crippen molar-refractivity contribution in [3.63, 3.8) is 0 Å². The summed E-state index contributed by atoms with van der Waals surface area (Å²) in [4.78, 5) is 39.2. The number of halogens is 3. The number of nitrogens with one attached hydrogen (secondary N) is 3. The van der Waals surface area contributed by atoms with E-state index in [1.807, 2.05) is 6.07 Å². The summed E-state index contributed by atoms with van der Waals surface area (Å²) in [6.07, 6.45) is -1.24. The summed E-state index contributed by atoms with van der Waals surface area (Å²) in [6.45, 7) is 1.67. The van der Waals surface area contributed by atoms with Gasteiger partial charge in [0, 0.05) is 37.2 Å². The number of alkyl halides is 3. The second-order valence-electron chi connectivity index (χ2n) is 12.6. The molecule has 1 unspecified atom stereocenters. The number of rotatable bonds is 15. The number of piperidine rings is 1. The number of aliphatic hydroxyl groups excluding tert-OH is 1. The summed E-state index contributed by atoms with van der Waals surface area (Å²) >= 11 is 1.24. The number of primary amides is 1. The third-order valence-corrected chi connectivity index (χ3v) is 9.98. The van der Waals surface area contributed by atoms with Crippen molar-refractivity contribution in [2.45, 2.75) is 69.2 Å². The molecule has 51 heavy (non-hydrogen) atoms. The predicted molar refractivity (Wildman–Crippen MR) is 189 cm³/mol. The van der Waals surface area contributed by atoms with E-state index in [1.165, 1.54) is 36.3 Å². The van der Waals surface area contributed by atoms with Gasteiger partial charge in [0.25, 0.3) is 5.91 Å². The Balaban J connectivity index is 1.31. The van der Waals surface area contributed by atoms with Crippen molar-refractivity contribution >= 4 is 50.6 Å². The smallest absolute Gasteiger partial charge is 0.393 e. The fourth-order valence-corrected chi connectivity index (χ4v) is 7.27. The third-order valence-electron chi connectivity index (χ3n) is 8.78. The molecule has 1 atom stereocenters. The number of carbonyl (C=O) groups is 3. The molecule has 2 heterocycles. The number of hydrogen-bond acceptors (Lipinski definition) is 10. The molecule has 0 spiro atoms. The summed E-state index contributed by atoms with van der Waals surface area (Å²) in [5.41, 5.74) is 6.68. The highest BCUT2D eigenvalue weighted by atomic mass is 32.1. The molecule has 11 nitrogen and oxygen atoms in total. The van der Waals surface area contributed by atoms with Gasteiger partial charge in [-0.2, -0.15) is 13.2 Å². The Morgan fingerprint density at radius 3 is 2.55 bits per heavy atom. The summed E-state index contributed by atoms with van der Waals surface area (Å²) in [5.74, 6) is 4.05. The van der Waals surface area contributed by atoms with Gasteiger partial charge in [-0.1, -0.05) is 24.0 Å². The van der Waals surface area contributed by atoms with Crippen LogP contribution in [0.5, 0.6) is 5.75 Å². The number of benzene rings is 2. The molecule has 1 saturated heterocycles. The van der Waals surface area contributed by atoms with Gasteiger partial charge in [-0.25, -0.2) is 4.79 Å². The summed E-state index contributed by atoms with van der Waals surface area (Å²) in [6, 6.07) is 9.67. The van der Waals surface area contributed by atoms with Gasteiger partial charge >= 0.3 is 12.1 Å². The molecule has 1 aromatic heterocycles. The number of ether oxygens (including phenoxy) is 2. The maximum Gasteiger partial charge on any atom is 0.393 e. The number of methoxy groups -OCH3 is 1. The summed E-state index contributed by atoms with van der Waals surface area (Å²) in [5, 5.41) is 19.1. The number of thiophene rings is 1. The van der Waals surface area contributed by atoms with Crippen molar-refractivity contribution in [1.82, 2.24) is 10.2 Å². The minimum absolute atomic E-state index is 0.0307. The zero-order chi connectivity index (χ0) is 36.5. The number of carbonyl (C=O) groups excluding carboxylic acids is 3. The van der Waals surface area contributed by atoms with Crippen LogP contribution in [0.4, 0.5) is 24.5 Å². The minimum atomic E-state index is -4.42.